The zero-order valence-corrected chi connectivity index (χ0v) is 19.3. The van der Waals surface area contributed by atoms with Crippen LogP contribution in [0, 0.1) is 0 Å². The summed E-state index contributed by atoms with van der Waals surface area (Å²) >= 11 is 0. The van der Waals surface area contributed by atoms with Gasteiger partial charge in [-0.15, -0.1) is 0 Å². The van der Waals surface area contributed by atoms with Gasteiger partial charge in [0.2, 0.25) is 9.84 Å². The Bertz CT molecular complexity index is 1250. The topological polar surface area (TPSA) is 94.0 Å². The van der Waals surface area contributed by atoms with Crippen molar-refractivity contribution in [3.05, 3.63) is 54.7 Å². The van der Waals surface area contributed by atoms with Crippen LogP contribution >= 0.6 is 0 Å². The average Bonchev–Trinajstić information content (AvgIpc) is 2.84. The number of para-hydroxylation sites is 1. The molecule has 2 N–H and O–H groups in total. The SMILES string of the molecule is O=S(=O)(c1cccc(N2CCC(O)CC2)c1)c1cnc2c(N3CCC(O)CC3)cccc2c1. The van der Waals surface area contributed by atoms with Crippen molar-refractivity contribution in [1.29, 1.82) is 0 Å². The van der Waals surface area contributed by atoms with E-state index in [1.807, 2.05) is 24.3 Å². The summed E-state index contributed by atoms with van der Waals surface area (Å²) in [4.78, 5) is 9.30. The third kappa shape index (κ3) is 4.43. The van der Waals surface area contributed by atoms with Gasteiger partial charge >= 0.3 is 0 Å². The van der Waals surface area contributed by atoms with Crippen molar-refractivity contribution in [3.8, 4) is 0 Å². The van der Waals surface area contributed by atoms with Crippen molar-refractivity contribution in [3.63, 3.8) is 0 Å². The Balaban J connectivity index is 1.46. The molecule has 7 nitrogen and oxygen atoms in total. The van der Waals surface area contributed by atoms with Crippen LogP contribution in [0.2, 0.25) is 0 Å². The van der Waals surface area contributed by atoms with E-state index in [1.54, 1.807) is 24.3 Å². The Morgan fingerprint density at radius 3 is 2.12 bits per heavy atom. The van der Waals surface area contributed by atoms with Gasteiger partial charge in [0.25, 0.3) is 0 Å². The predicted octanol–water partition coefficient (Wildman–Crippen LogP) is 2.99. The van der Waals surface area contributed by atoms with Crippen LogP contribution < -0.4 is 9.80 Å². The van der Waals surface area contributed by atoms with Gasteiger partial charge in [-0.05, 0) is 56.0 Å². The molecule has 0 amide bonds. The van der Waals surface area contributed by atoms with Crippen molar-refractivity contribution in [2.45, 2.75) is 47.7 Å². The molecule has 5 rings (SSSR count). The van der Waals surface area contributed by atoms with E-state index in [1.165, 1.54) is 6.20 Å². The number of fused-ring (bicyclic) bond motifs is 1. The summed E-state index contributed by atoms with van der Waals surface area (Å²) in [5.41, 5.74) is 2.59. The molecule has 0 unspecified atom stereocenters. The lowest BCUT2D eigenvalue weighted by molar-refractivity contribution is 0.145. The van der Waals surface area contributed by atoms with E-state index in [0.29, 0.717) is 25.9 Å². The van der Waals surface area contributed by atoms with Crippen LogP contribution in [0.5, 0.6) is 0 Å². The highest BCUT2D eigenvalue weighted by molar-refractivity contribution is 7.91. The number of aliphatic hydroxyl groups is 2. The number of hydrogen-bond acceptors (Lipinski definition) is 7. The molecule has 0 atom stereocenters. The number of hydrogen-bond donors (Lipinski definition) is 2. The second-order valence-electron chi connectivity index (χ2n) is 8.96. The molecule has 0 radical (unpaired) electrons. The first-order chi connectivity index (χ1) is 15.9. The monoisotopic (exact) mass is 467 g/mol. The zero-order valence-electron chi connectivity index (χ0n) is 18.5. The van der Waals surface area contributed by atoms with Crippen LogP contribution in [0.4, 0.5) is 11.4 Å². The van der Waals surface area contributed by atoms with Crippen molar-refractivity contribution in [2.24, 2.45) is 0 Å². The summed E-state index contributed by atoms with van der Waals surface area (Å²) in [5.74, 6) is 0. The third-order valence-electron chi connectivity index (χ3n) is 6.74. The van der Waals surface area contributed by atoms with Gasteiger partial charge < -0.3 is 20.0 Å². The fourth-order valence-electron chi connectivity index (χ4n) is 4.74. The lowest BCUT2D eigenvalue weighted by Gasteiger charge is -2.32. The highest BCUT2D eigenvalue weighted by atomic mass is 32.2. The molecule has 2 aliphatic rings. The summed E-state index contributed by atoms with van der Waals surface area (Å²) in [6, 6.07) is 14.5. The van der Waals surface area contributed by atoms with Crippen molar-refractivity contribution in [2.75, 3.05) is 36.0 Å². The Kier molecular flexibility index (Phi) is 5.99. The Labute approximate surface area is 194 Å². The van der Waals surface area contributed by atoms with Crippen molar-refractivity contribution < 1.29 is 18.6 Å². The van der Waals surface area contributed by atoms with E-state index in [4.69, 9.17) is 0 Å². The predicted molar refractivity (Wildman–Crippen MR) is 129 cm³/mol. The number of aromatic nitrogens is 1. The molecule has 2 aromatic carbocycles. The van der Waals surface area contributed by atoms with Crippen LogP contribution in [-0.4, -0.2) is 62.0 Å². The third-order valence-corrected chi connectivity index (χ3v) is 8.46. The maximum atomic E-state index is 13.5. The molecule has 3 aromatic rings. The lowest BCUT2D eigenvalue weighted by Crippen LogP contribution is -2.35. The lowest BCUT2D eigenvalue weighted by atomic mass is 10.1. The molecule has 0 aliphatic carbocycles. The first-order valence-corrected chi connectivity index (χ1v) is 13.0. The number of pyridine rings is 1. The molecule has 1 aromatic heterocycles. The van der Waals surface area contributed by atoms with Gasteiger partial charge in [-0.1, -0.05) is 18.2 Å². The van der Waals surface area contributed by atoms with E-state index in [0.717, 1.165) is 48.2 Å². The smallest absolute Gasteiger partial charge is 0.208 e. The summed E-state index contributed by atoms with van der Waals surface area (Å²) in [6.45, 7) is 2.92. The molecule has 0 spiro atoms. The molecule has 3 heterocycles. The summed E-state index contributed by atoms with van der Waals surface area (Å²) < 4.78 is 26.9. The van der Waals surface area contributed by atoms with E-state index >= 15 is 0 Å². The molecular weight excluding hydrogens is 438 g/mol. The molecule has 2 aliphatic heterocycles. The van der Waals surface area contributed by atoms with Crippen LogP contribution in [0.3, 0.4) is 0 Å². The van der Waals surface area contributed by atoms with Crippen LogP contribution in [-0.2, 0) is 9.84 Å². The molecule has 0 bridgehead atoms. The quantitative estimate of drug-likeness (QED) is 0.609. The highest BCUT2D eigenvalue weighted by Gasteiger charge is 2.24. The average molecular weight is 468 g/mol. The van der Waals surface area contributed by atoms with E-state index in [2.05, 4.69) is 14.8 Å². The Hall–Kier alpha value is -2.68. The molecule has 174 valence electrons. The zero-order chi connectivity index (χ0) is 23.0. The summed E-state index contributed by atoms with van der Waals surface area (Å²) in [5, 5.41) is 20.4. The van der Waals surface area contributed by atoms with E-state index in [-0.39, 0.29) is 22.0 Å². The van der Waals surface area contributed by atoms with E-state index < -0.39 is 9.84 Å². The standard InChI is InChI=1S/C25H29N3O4S/c29-20-7-11-27(12-8-20)19-4-2-5-22(16-19)33(31,32)23-15-18-3-1-6-24(25(18)26-17-23)28-13-9-21(30)10-14-28/h1-6,15-17,20-21,29-30H,7-14H2. The normalized spacial score (nSPS) is 18.7. The van der Waals surface area contributed by atoms with Gasteiger partial charge in [0.15, 0.2) is 0 Å². The minimum atomic E-state index is -3.73. The number of rotatable bonds is 4. The van der Waals surface area contributed by atoms with Gasteiger partial charge in [-0.25, -0.2) is 8.42 Å². The second-order valence-corrected chi connectivity index (χ2v) is 10.9. The summed E-state index contributed by atoms with van der Waals surface area (Å²) in [7, 11) is -3.73. The number of nitrogens with zero attached hydrogens (tertiary/aromatic N) is 3. The van der Waals surface area contributed by atoms with Gasteiger partial charge in [0.1, 0.15) is 0 Å². The fourth-order valence-corrected chi connectivity index (χ4v) is 6.02. The minimum Gasteiger partial charge on any atom is -0.393 e. The Morgan fingerprint density at radius 2 is 1.42 bits per heavy atom. The number of anilines is 2. The van der Waals surface area contributed by atoms with Crippen molar-refractivity contribution in [1.82, 2.24) is 4.98 Å². The minimum absolute atomic E-state index is 0.174. The van der Waals surface area contributed by atoms with Gasteiger partial charge in [-0.2, -0.15) is 0 Å². The first kappa shape index (κ1) is 22.1. The second kappa shape index (κ2) is 8.93. The fraction of sp³-hybridized carbons (Fsp3) is 0.400. The summed E-state index contributed by atoms with van der Waals surface area (Å²) in [6.07, 6.45) is 3.71. The Morgan fingerprint density at radius 1 is 0.788 bits per heavy atom. The van der Waals surface area contributed by atoms with Gasteiger partial charge in [0.05, 0.1) is 33.2 Å². The molecule has 2 saturated heterocycles. The molecule has 0 saturated carbocycles. The maximum absolute atomic E-state index is 13.5. The van der Waals surface area contributed by atoms with E-state index in [9.17, 15) is 18.6 Å². The van der Waals surface area contributed by atoms with Crippen LogP contribution in [0.1, 0.15) is 25.7 Å². The highest BCUT2D eigenvalue weighted by Crippen LogP contribution is 2.31. The van der Waals surface area contributed by atoms with Gasteiger partial charge in [-0.3, -0.25) is 4.98 Å². The number of aliphatic hydroxyl groups excluding tert-OH is 2. The largest absolute Gasteiger partial charge is 0.393 e. The molecule has 33 heavy (non-hydrogen) atoms. The first-order valence-electron chi connectivity index (χ1n) is 11.5. The molecule has 8 heteroatoms. The van der Waals surface area contributed by atoms with Gasteiger partial charge in [0, 0.05) is 43.4 Å². The number of piperidine rings is 2. The van der Waals surface area contributed by atoms with Crippen LogP contribution in [0.25, 0.3) is 10.9 Å². The van der Waals surface area contributed by atoms with Crippen LogP contribution in [0.15, 0.2) is 64.5 Å². The number of benzene rings is 2. The maximum Gasteiger partial charge on any atom is 0.208 e. The molecular formula is C25H29N3O4S. The number of sulfone groups is 1. The molecule has 2 fully saturated rings. The van der Waals surface area contributed by atoms with Crippen molar-refractivity contribution >= 4 is 32.1 Å².